The van der Waals surface area contributed by atoms with Crippen LogP contribution in [-0.2, 0) is 11.3 Å². The van der Waals surface area contributed by atoms with Gasteiger partial charge in [-0.05, 0) is 25.1 Å². The molecular weight excluding hydrogens is 292 g/mol. The van der Waals surface area contributed by atoms with E-state index in [0.717, 1.165) is 6.67 Å². The largest absolute Gasteiger partial charge is 0.356 e. The third-order valence-electron chi connectivity index (χ3n) is 2.92. The zero-order valence-corrected chi connectivity index (χ0v) is 12.4. The van der Waals surface area contributed by atoms with Gasteiger partial charge in [-0.2, -0.15) is 0 Å². The lowest BCUT2D eigenvalue weighted by atomic mass is 10.2. The Labute approximate surface area is 117 Å². The molecule has 0 spiro atoms. The number of ether oxygens (including phenoxy) is 1. The first-order valence-electron chi connectivity index (χ1n) is 6.05. The molecule has 1 aromatic carbocycles. The summed E-state index contributed by atoms with van der Waals surface area (Å²) in [4.78, 5) is 4.75. The topological polar surface area (TPSA) is 15.7 Å². The van der Waals surface area contributed by atoms with Gasteiger partial charge in [0, 0.05) is 6.20 Å². The fraction of sp³-hybridized carbons (Fsp3) is 0.429. The van der Waals surface area contributed by atoms with Crippen LogP contribution in [-0.4, -0.2) is 35.2 Å². The van der Waals surface area contributed by atoms with Crippen molar-refractivity contribution in [1.29, 1.82) is 0 Å². The molecule has 0 fully saturated rings. The number of nitrogens with zero attached hydrogens (tertiary/aromatic N) is 2. The van der Waals surface area contributed by atoms with Gasteiger partial charge in [0.2, 0.25) is 0 Å². The van der Waals surface area contributed by atoms with E-state index in [1.165, 1.54) is 11.1 Å². The van der Waals surface area contributed by atoms with Crippen LogP contribution in [0, 0.1) is 0 Å². The Hall–Kier alpha value is -0.840. The molecular formula is C14H19BrN2O. The van der Waals surface area contributed by atoms with E-state index in [4.69, 9.17) is 4.74 Å². The van der Waals surface area contributed by atoms with Crippen molar-refractivity contribution in [3.8, 4) is 0 Å². The van der Waals surface area contributed by atoms with Gasteiger partial charge in [0.25, 0.3) is 0 Å². The number of alkyl halides is 1. The summed E-state index contributed by atoms with van der Waals surface area (Å²) in [5, 5.41) is 0. The Morgan fingerprint density at radius 2 is 2.06 bits per heavy atom. The van der Waals surface area contributed by atoms with Gasteiger partial charge < -0.3 is 9.64 Å². The van der Waals surface area contributed by atoms with Gasteiger partial charge in [-0.1, -0.05) is 46.3 Å². The first-order valence-corrected chi connectivity index (χ1v) is 6.97. The number of hydrogen-bond acceptors (Lipinski definition) is 3. The minimum atomic E-state index is 0.336. The fourth-order valence-corrected chi connectivity index (χ4v) is 2.28. The molecule has 0 aliphatic carbocycles. The molecule has 98 valence electrons. The summed E-state index contributed by atoms with van der Waals surface area (Å²) in [6.45, 7) is 4.28. The molecule has 0 N–H and O–H groups in total. The minimum Gasteiger partial charge on any atom is -0.356 e. The number of benzene rings is 1. The summed E-state index contributed by atoms with van der Waals surface area (Å²) in [5.41, 5.74) is 2.51. The highest BCUT2D eigenvalue weighted by molar-refractivity contribution is 9.09. The molecule has 4 heteroatoms. The molecule has 1 atom stereocenters. The molecule has 0 saturated heterocycles. The van der Waals surface area contributed by atoms with Crippen LogP contribution in [0.3, 0.4) is 0 Å². The van der Waals surface area contributed by atoms with E-state index < -0.39 is 0 Å². The van der Waals surface area contributed by atoms with Crippen molar-refractivity contribution in [2.45, 2.75) is 18.5 Å². The summed E-state index contributed by atoms with van der Waals surface area (Å²) < 4.78 is 5.73. The highest BCUT2D eigenvalue weighted by Gasteiger charge is 2.20. The Morgan fingerprint density at radius 1 is 1.33 bits per heavy atom. The van der Waals surface area contributed by atoms with Crippen molar-refractivity contribution >= 4 is 15.9 Å². The van der Waals surface area contributed by atoms with E-state index in [1.807, 2.05) is 18.2 Å². The second kappa shape index (κ2) is 6.36. The fourth-order valence-electron chi connectivity index (χ4n) is 2.03. The van der Waals surface area contributed by atoms with Crippen LogP contribution in [0.15, 0.2) is 42.1 Å². The van der Waals surface area contributed by atoms with Crippen LogP contribution in [0.25, 0.3) is 0 Å². The average Bonchev–Trinajstić information content (AvgIpc) is 2.37. The van der Waals surface area contributed by atoms with Gasteiger partial charge >= 0.3 is 0 Å². The van der Waals surface area contributed by atoms with Crippen LogP contribution in [0.4, 0.5) is 0 Å². The molecule has 18 heavy (non-hydrogen) atoms. The zero-order chi connectivity index (χ0) is 13.0. The van der Waals surface area contributed by atoms with Crippen LogP contribution < -0.4 is 0 Å². The lowest BCUT2D eigenvalue weighted by Crippen LogP contribution is -2.42. The average molecular weight is 311 g/mol. The maximum atomic E-state index is 5.73. The van der Waals surface area contributed by atoms with Crippen molar-refractivity contribution in [2.75, 3.05) is 20.4 Å². The SMILES string of the molecule is CC1=CN(COCc2ccccc2)CN(C)C1Br. The van der Waals surface area contributed by atoms with Crippen molar-refractivity contribution in [1.82, 2.24) is 9.80 Å². The molecule has 1 unspecified atom stereocenters. The lowest BCUT2D eigenvalue weighted by molar-refractivity contribution is 0.0148. The zero-order valence-electron chi connectivity index (χ0n) is 10.8. The summed E-state index contributed by atoms with van der Waals surface area (Å²) in [6.07, 6.45) is 2.16. The van der Waals surface area contributed by atoms with Crippen LogP contribution in [0.1, 0.15) is 12.5 Å². The van der Waals surface area contributed by atoms with E-state index in [2.05, 4.69) is 58.0 Å². The normalized spacial score (nSPS) is 20.9. The van der Waals surface area contributed by atoms with E-state index in [1.54, 1.807) is 0 Å². The van der Waals surface area contributed by atoms with Gasteiger partial charge in [0.15, 0.2) is 0 Å². The molecule has 1 heterocycles. The first-order chi connectivity index (χ1) is 8.66. The Balaban J connectivity index is 1.81. The first kappa shape index (κ1) is 13.6. The smallest absolute Gasteiger partial charge is 0.119 e. The number of hydrogen-bond donors (Lipinski definition) is 0. The maximum Gasteiger partial charge on any atom is 0.119 e. The monoisotopic (exact) mass is 310 g/mol. The molecule has 2 rings (SSSR count). The molecule has 0 saturated carbocycles. The molecule has 1 aliphatic heterocycles. The van der Waals surface area contributed by atoms with Crippen molar-refractivity contribution < 1.29 is 4.74 Å². The predicted molar refractivity (Wildman–Crippen MR) is 77.0 cm³/mol. The van der Waals surface area contributed by atoms with Gasteiger partial charge in [-0.15, -0.1) is 0 Å². The highest BCUT2D eigenvalue weighted by atomic mass is 79.9. The van der Waals surface area contributed by atoms with Gasteiger partial charge in [-0.25, -0.2) is 0 Å². The lowest BCUT2D eigenvalue weighted by Gasteiger charge is -2.35. The van der Waals surface area contributed by atoms with E-state index in [0.29, 0.717) is 18.3 Å². The van der Waals surface area contributed by atoms with Crippen molar-refractivity contribution in [2.24, 2.45) is 0 Å². The van der Waals surface area contributed by atoms with Crippen molar-refractivity contribution in [3.63, 3.8) is 0 Å². The Morgan fingerprint density at radius 3 is 2.72 bits per heavy atom. The molecule has 0 bridgehead atoms. The third kappa shape index (κ3) is 3.57. The molecule has 1 aliphatic rings. The number of likely N-dealkylation sites (N-methyl/N-ethyl adjacent to an activating group) is 1. The quantitative estimate of drug-likeness (QED) is 0.628. The van der Waals surface area contributed by atoms with Gasteiger partial charge in [0.1, 0.15) is 6.73 Å². The van der Waals surface area contributed by atoms with Crippen molar-refractivity contribution in [3.05, 3.63) is 47.7 Å². The van der Waals surface area contributed by atoms with Gasteiger partial charge in [0.05, 0.1) is 18.2 Å². The van der Waals surface area contributed by atoms with E-state index >= 15 is 0 Å². The highest BCUT2D eigenvalue weighted by Crippen LogP contribution is 2.21. The van der Waals surface area contributed by atoms with Gasteiger partial charge in [-0.3, -0.25) is 4.90 Å². The summed E-state index contributed by atoms with van der Waals surface area (Å²) in [6, 6.07) is 10.3. The molecule has 1 aromatic rings. The van der Waals surface area contributed by atoms with Crippen LogP contribution in [0.5, 0.6) is 0 Å². The Bertz CT molecular complexity index is 408. The third-order valence-corrected chi connectivity index (χ3v) is 4.34. The molecule has 3 nitrogen and oxygen atoms in total. The number of halogens is 1. The number of rotatable bonds is 4. The van der Waals surface area contributed by atoms with Crippen LogP contribution >= 0.6 is 15.9 Å². The van der Waals surface area contributed by atoms with E-state index in [9.17, 15) is 0 Å². The molecule has 0 radical (unpaired) electrons. The predicted octanol–water partition coefficient (Wildman–Crippen LogP) is 2.99. The second-order valence-corrected chi connectivity index (χ2v) is 5.53. The summed E-state index contributed by atoms with van der Waals surface area (Å²) in [7, 11) is 2.10. The Kier molecular flexibility index (Phi) is 4.80. The second-order valence-electron chi connectivity index (χ2n) is 4.66. The summed E-state index contributed by atoms with van der Waals surface area (Å²) >= 11 is 3.64. The maximum absolute atomic E-state index is 5.73. The molecule has 0 amide bonds. The van der Waals surface area contributed by atoms with Crippen LogP contribution in [0.2, 0.25) is 0 Å². The minimum absolute atomic E-state index is 0.336. The molecule has 0 aromatic heterocycles. The van der Waals surface area contributed by atoms with E-state index in [-0.39, 0.29) is 0 Å². The standard InChI is InChI=1S/C14H19BrN2O/c1-12-8-17(10-16(2)14(12)15)11-18-9-13-6-4-3-5-7-13/h3-8,14H,9-11H2,1-2H3. The summed E-state index contributed by atoms with van der Waals surface area (Å²) in [5.74, 6) is 0.